The van der Waals surface area contributed by atoms with Crippen molar-refractivity contribution < 1.29 is 29.4 Å². The maximum Gasteiger partial charge on any atom is 0.243 e. The molecule has 1 saturated heterocycles. The number of benzene rings is 2. The molecule has 1 fully saturated rings. The number of imidazole rings is 1. The summed E-state index contributed by atoms with van der Waals surface area (Å²) < 4.78 is 14.5. The molecule has 0 radical (unpaired) electrons. The van der Waals surface area contributed by atoms with Gasteiger partial charge in [-0.1, -0.05) is 78.2 Å². The Balaban J connectivity index is 1.36. The van der Waals surface area contributed by atoms with E-state index in [-0.39, 0.29) is 36.3 Å². The summed E-state index contributed by atoms with van der Waals surface area (Å²) in [6.45, 7) is 0.807. The summed E-state index contributed by atoms with van der Waals surface area (Å²) >= 11 is 12.3. The van der Waals surface area contributed by atoms with Crippen LogP contribution < -0.4 is 10.8 Å². The minimum atomic E-state index is -0.634. The lowest BCUT2D eigenvalue weighted by Crippen LogP contribution is -2.32. The van der Waals surface area contributed by atoms with Crippen LogP contribution in [0.5, 0.6) is 0 Å². The van der Waals surface area contributed by atoms with Gasteiger partial charge in [0.15, 0.2) is 11.4 Å². The average Bonchev–Trinajstić information content (AvgIpc) is 3.32. The molecule has 0 saturated carbocycles. The quantitative estimate of drug-likeness (QED) is 0.122. The van der Waals surface area contributed by atoms with E-state index >= 15 is 0 Å². The Labute approximate surface area is 248 Å². The molecule has 3 aromatic rings. The van der Waals surface area contributed by atoms with Crippen LogP contribution in [0, 0.1) is 0 Å². The van der Waals surface area contributed by atoms with Crippen LogP contribution in [-0.2, 0) is 38.8 Å². The summed E-state index contributed by atoms with van der Waals surface area (Å²) in [5.41, 5.74) is 5.17. The highest BCUT2D eigenvalue weighted by molar-refractivity contribution is 6.40. The summed E-state index contributed by atoms with van der Waals surface area (Å²) in [5.74, 6) is -0.479. The van der Waals surface area contributed by atoms with Gasteiger partial charge in [-0.2, -0.15) is 0 Å². The molecular formula is C29H34Cl2N4O6. The summed E-state index contributed by atoms with van der Waals surface area (Å²) in [6, 6.07) is 15.4. The van der Waals surface area contributed by atoms with E-state index in [0.29, 0.717) is 43.9 Å². The number of nitrogens with zero attached hydrogens (tertiary/aromatic N) is 2. The monoisotopic (exact) mass is 604 g/mol. The second-order valence-corrected chi connectivity index (χ2v) is 10.7. The van der Waals surface area contributed by atoms with E-state index in [9.17, 15) is 14.7 Å². The lowest BCUT2D eigenvalue weighted by molar-refractivity contribution is -0.252. The zero-order valence-corrected chi connectivity index (χ0v) is 24.0. The molecule has 41 heavy (non-hydrogen) atoms. The highest BCUT2D eigenvalue weighted by Crippen LogP contribution is 2.39. The van der Waals surface area contributed by atoms with E-state index in [1.165, 1.54) is 0 Å². The van der Waals surface area contributed by atoms with E-state index in [1.54, 1.807) is 16.4 Å². The third-order valence-corrected chi connectivity index (χ3v) is 7.69. The molecule has 3 atom stereocenters. The van der Waals surface area contributed by atoms with Gasteiger partial charge >= 0.3 is 0 Å². The number of nitrogens with one attached hydrogen (secondary N) is 2. The Kier molecular flexibility index (Phi) is 11.6. The van der Waals surface area contributed by atoms with Gasteiger partial charge in [0.25, 0.3) is 0 Å². The van der Waals surface area contributed by atoms with Crippen molar-refractivity contribution in [3.05, 3.63) is 87.4 Å². The van der Waals surface area contributed by atoms with Crippen molar-refractivity contribution in [2.24, 2.45) is 0 Å². The Morgan fingerprint density at radius 3 is 2.22 bits per heavy atom. The van der Waals surface area contributed by atoms with Crippen molar-refractivity contribution in [3.8, 4) is 0 Å². The second-order valence-electron chi connectivity index (χ2n) is 9.94. The van der Waals surface area contributed by atoms with Gasteiger partial charge in [-0.15, -0.1) is 0 Å². The standard InChI is InChI=1S/C29H34Cl2N4O6/c30-27-28(31)35(18-33-27)16-23-14-24(21-10-8-20(17-36)9-11-21)41-29(40-23)22-12-6-19(7-13-22)15-32-25(37)4-2-1-3-5-26(38)34-39/h6-13,18,23-24,29,36,39H,1-5,14-17H2,(H,32,37)(H,34,38)/t23-,24+,29+/m0/s1. The number of halogens is 2. The second kappa shape index (κ2) is 15.3. The minimum absolute atomic E-state index is 0.0294. The number of aliphatic hydroxyl groups is 1. The summed E-state index contributed by atoms with van der Waals surface area (Å²) in [5, 5.41) is 21.4. The molecule has 1 aromatic heterocycles. The first-order valence-corrected chi connectivity index (χ1v) is 14.3. The van der Waals surface area contributed by atoms with Crippen LogP contribution in [0.1, 0.15) is 73.2 Å². The molecule has 4 N–H and O–H groups in total. The number of carbonyl (C=O) groups is 2. The number of carbonyl (C=O) groups excluding carboxylic acids is 2. The van der Waals surface area contributed by atoms with E-state index < -0.39 is 12.2 Å². The third kappa shape index (κ3) is 9.00. The molecule has 1 aliphatic heterocycles. The first-order valence-electron chi connectivity index (χ1n) is 13.5. The van der Waals surface area contributed by atoms with Crippen molar-refractivity contribution >= 4 is 35.0 Å². The van der Waals surface area contributed by atoms with E-state index in [4.69, 9.17) is 37.9 Å². The molecule has 1 aliphatic rings. The van der Waals surface area contributed by atoms with Crippen LogP contribution in [0.3, 0.4) is 0 Å². The molecule has 0 aliphatic carbocycles. The number of aliphatic hydroxyl groups excluding tert-OH is 1. The smallest absolute Gasteiger partial charge is 0.243 e. The van der Waals surface area contributed by atoms with Gasteiger partial charge in [0.1, 0.15) is 5.15 Å². The lowest BCUT2D eigenvalue weighted by Gasteiger charge is -2.36. The molecule has 2 amide bonds. The molecule has 0 bridgehead atoms. The predicted octanol–water partition coefficient (Wildman–Crippen LogP) is 5.00. The summed E-state index contributed by atoms with van der Waals surface area (Å²) in [7, 11) is 0. The van der Waals surface area contributed by atoms with Crippen molar-refractivity contribution in [1.29, 1.82) is 0 Å². The van der Waals surface area contributed by atoms with Crippen LogP contribution in [0.15, 0.2) is 54.9 Å². The minimum Gasteiger partial charge on any atom is -0.392 e. The normalized spacial score (nSPS) is 18.7. The Morgan fingerprint density at radius 1 is 0.927 bits per heavy atom. The summed E-state index contributed by atoms with van der Waals surface area (Å²) in [6.07, 6.45) is 3.67. The first kappa shape index (κ1) is 31.0. The van der Waals surface area contributed by atoms with Gasteiger partial charge in [0.2, 0.25) is 11.8 Å². The number of amides is 2. The molecule has 10 nitrogen and oxygen atoms in total. The van der Waals surface area contributed by atoms with Crippen LogP contribution >= 0.6 is 23.2 Å². The SMILES string of the molecule is O=C(CCCCCC(=O)NCc1ccc([C@@H]2O[C@H](Cn3cnc(Cl)c3Cl)C[C@H](c3ccc(CO)cc3)O2)cc1)NO. The van der Waals surface area contributed by atoms with Gasteiger partial charge in [0, 0.05) is 31.4 Å². The number of hydroxylamine groups is 1. The van der Waals surface area contributed by atoms with Crippen LogP contribution in [0.2, 0.25) is 10.3 Å². The molecule has 2 heterocycles. The maximum atomic E-state index is 12.2. The number of aromatic nitrogens is 2. The molecular weight excluding hydrogens is 571 g/mol. The van der Waals surface area contributed by atoms with Gasteiger partial charge in [-0.3, -0.25) is 14.8 Å². The van der Waals surface area contributed by atoms with Gasteiger partial charge in [-0.25, -0.2) is 10.5 Å². The van der Waals surface area contributed by atoms with Crippen molar-refractivity contribution in [1.82, 2.24) is 20.3 Å². The fourth-order valence-electron chi connectivity index (χ4n) is 4.61. The Hall–Kier alpha value is -2.99. The molecule has 220 valence electrons. The zero-order chi connectivity index (χ0) is 29.2. The molecule has 2 aromatic carbocycles. The highest BCUT2D eigenvalue weighted by atomic mass is 35.5. The average molecular weight is 606 g/mol. The number of unbranched alkanes of at least 4 members (excludes halogenated alkanes) is 2. The number of ether oxygens (including phenoxy) is 2. The van der Waals surface area contributed by atoms with E-state index in [1.807, 2.05) is 48.5 Å². The largest absolute Gasteiger partial charge is 0.392 e. The lowest BCUT2D eigenvalue weighted by atomic mass is 10.00. The Bertz CT molecular complexity index is 1290. The zero-order valence-electron chi connectivity index (χ0n) is 22.5. The Morgan fingerprint density at radius 2 is 1.59 bits per heavy atom. The maximum absolute atomic E-state index is 12.2. The fourth-order valence-corrected chi connectivity index (χ4v) is 4.92. The topological polar surface area (TPSA) is 135 Å². The number of hydrogen-bond acceptors (Lipinski definition) is 7. The van der Waals surface area contributed by atoms with Crippen molar-refractivity contribution in [3.63, 3.8) is 0 Å². The predicted molar refractivity (Wildman–Crippen MR) is 152 cm³/mol. The van der Waals surface area contributed by atoms with Crippen LogP contribution in [0.25, 0.3) is 0 Å². The fraction of sp³-hybridized carbons (Fsp3) is 0.414. The summed E-state index contributed by atoms with van der Waals surface area (Å²) in [4.78, 5) is 27.3. The molecule has 12 heteroatoms. The number of rotatable bonds is 13. The van der Waals surface area contributed by atoms with E-state index in [2.05, 4.69) is 10.3 Å². The first-order chi connectivity index (χ1) is 19.9. The van der Waals surface area contributed by atoms with Gasteiger partial charge < -0.3 is 24.5 Å². The van der Waals surface area contributed by atoms with Crippen molar-refractivity contribution in [2.45, 2.75) is 76.7 Å². The van der Waals surface area contributed by atoms with Gasteiger partial charge in [0.05, 0.1) is 31.7 Å². The van der Waals surface area contributed by atoms with Gasteiger partial charge in [-0.05, 0) is 29.5 Å². The van der Waals surface area contributed by atoms with Crippen molar-refractivity contribution in [2.75, 3.05) is 0 Å². The highest BCUT2D eigenvalue weighted by Gasteiger charge is 2.32. The van der Waals surface area contributed by atoms with Crippen LogP contribution in [0.4, 0.5) is 0 Å². The molecule has 0 spiro atoms. The third-order valence-electron chi connectivity index (χ3n) is 6.92. The van der Waals surface area contributed by atoms with Crippen LogP contribution in [-0.4, -0.2) is 37.8 Å². The van der Waals surface area contributed by atoms with E-state index in [0.717, 1.165) is 28.7 Å². The molecule has 4 rings (SSSR count). The molecule has 0 unspecified atom stereocenters. The number of hydrogen-bond donors (Lipinski definition) is 4.